The van der Waals surface area contributed by atoms with Crippen molar-refractivity contribution >= 4 is 17.5 Å². The number of hydrogen-bond donors (Lipinski definition) is 2. The quantitative estimate of drug-likeness (QED) is 0.883. The van der Waals surface area contributed by atoms with Crippen LogP contribution in [0.15, 0.2) is 24.3 Å². The van der Waals surface area contributed by atoms with E-state index in [1.54, 1.807) is 4.90 Å². The third kappa shape index (κ3) is 2.93. The smallest absolute Gasteiger partial charge is 0.237 e. The first-order valence-corrected chi connectivity index (χ1v) is 9.14. The third-order valence-corrected chi connectivity index (χ3v) is 5.74. The lowest BCUT2D eigenvalue weighted by Gasteiger charge is -2.24. The molecule has 5 nitrogen and oxygen atoms in total. The second kappa shape index (κ2) is 6.55. The summed E-state index contributed by atoms with van der Waals surface area (Å²) in [5.41, 5.74) is 2.07. The fraction of sp³-hybridized carbons (Fsp3) is 0.579. The molecule has 128 valence electrons. The van der Waals surface area contributed by atoms with Gasteiger partial charge in [0.05, 0.1) is 12.5 Å². The molecule has 4 rings (SSSR count). The van der Waals surface area contributed by atoms with E-state index in [0.29, 0.717) is 31.5 Å². The molecule has 0 spiro atoms. The van der Waals surface area contributed by atoms with Gasteiger partial charge in [0.2, 0.25) is 11.8 Å². The van der Waals surface area contributed by atoms with E-state index in [4.69, 9.17) is 0 Å². The Morgan fingerprint density at radius 2 is 2.08 bits per heavy atom. The van der Waals surface area contributed by atoms with Crippen LogP contribution >= 0.6 is 0 Å². The average molecular weight is 327 g/mol. The Balaban J connectivity index is 1.29. The molecule has 1 aromatic rings. The van der Waals surface area contributed by atoms with Crippen LogP contribution < -0.4 is 15.5 Å². The number of para-hydroxylation sites is 1. The topological polar surface area (TPSA) is 61.4 Å². The van der Waals surface area contributed by atoms with Crippen molar-refractivity contribution in [1.82, 2.24) is 10.6 Å². The molecule has 1 saturated carbocycles. The Labute approximate surface area is 142 Å². The molecule has 2 amide bonds. The molecule has 2 aliphatic heterocycles. The molecule has 0 aromatic heterocycles. The van der Waals surface area contributed by atoms with E-state index in [9.17, 15) is 9.59 Å². The van der Waals surface area contributed by atoms with Gasteiger partial charge in [-0.25, -0.2) is 0 Å². The highest BCUT2D eigenvalue weighted by atomic mass is 16.2. The molecule has 24 heavy (non-hydrogen) atoms. The van der Waals surface area contributed by atoms with Crippen molar-refractivity contribution < 1.29 is 9.59 Å². The van der Waals surface area contributed by atoms with Gasteiger partial charge in [-0.15, -0.1) is 0 Å². The molecule has 2 fully saturated rings. The Hall–Kier alpha value is -1.88. The monoisotopic (exact) mass is 327 g/mol. The highest BCUT2D eigenvalue weighted by Crippen LogP contribution is 2.33. The van der Waals surface area contributed by atoms with Gasteiger partial charge in [-0.3, -0.25) is 9.59 Å². The minimum atomic E-state index is -0.0559. The zero-order chi connectivity index (χ0) is 16.5. The number of fused-ring (bicyclic) bond motifs is 2. The standard InChI is InChI=1S/C19H25N3O2/c23-18-12-14-6-2-4-8-17(14)22(18)10-9-20-19(24)16-11-13-5-1-3-7-15(13)21-16/h2,4,6,8,13,15-16,21H,1,3,5,7,9-12H2,(H,20,24). The van der Waals surface area contributed by atoms with Crippen LogP contribution in [-0.4, -0.2) is 37.0 Å². The number of rotatable bonds is 4. The molecule has 1 saturated heterocycles. The van der Waals surface area contributed by atoms with E-state index < -0.39 is 0 Å². The summed E-state index contributed by atoms with van der Waals surface area (Å²) in [5, 5.41) is 6.52. The Bertz CT molecular complexity index is 631. The summed E-state index contributed by atoms with van der Waals surface area (Å²) in [6, 6.07) is 8.36. The maximum Gasteiger partial charge on any atom is 0.237 e. The van der Waals surface area contributed by atoms with Gasteiger partial charge in [0.1, 0.15) is 0 Å². The molecule has 0 radical (unpaired) electrons. The van der Waals surface area contributed by atoms with Crippen molar-refractivity contribution in [2.24, 2.45) is 5.92 Å². The van der Waals surface area contributed by atoms with Crippen LogP contribution in [0.25, 0.3) is 0 Å². The van der Waals surface area contributed by atoms with E-state index in [1.807, 2.05) is 24.3 Å². The van der Waals surface area contributed by atoms with Gasteiger partial charge in [-0.05, 0) is 36.8 Å². The predicted octanol–water partition coefficient (Wildman–Crippen LogP) is 1.61. The van der Waals surface area contributed by atoms with Crippen LogP contribution in [0.5, 0.6) is 0 Å². The van der Waals surface area contributed by atoms with Gasteiger partial charge in [0, 0.05) is 24.8 Å². The van der Waals surface area contributed by atoms with E-state index >= 15 is 0 Å². The van der Waals surface area contributed by atoms with E-state index in [-0.39, 0.29) is 17.9 Å². The van der Waals surface area contributed by atoms with Crippen molar-refractivity contribution in [2.45, 2.75) is 50.6 Å². The Morgan fingerprint density at radius 1 is 1.25 bits per heavy atom. The van der Waals surface area contributed by atoms with Crippen LogP contribution in [0.3, 0.4) is 0 Å². The number of carbonyl (C=O) groups excluding carboxylic acids is 2. The summed E-state index contributed by atoms with van der Waals surface area (Å²) >= 11 is 0. The lowest BCUT2D eigenvalue weighted by Crippen LogP contribution is -2.45. The van der Waals surface area contributed by atoms with Gasteiger partial charge in [0.15, 0.2) is 0 Å². The van der Waals surface area contributed by atoms with Gasteiger partial charge < -0.3 is 15.5 Å². The molecular formula is C19H25N3O2. The molecule has 5 heteroatoms. The summed E-state index contributed by atoms with van der Waals surface area (Å²) < 4.78 is 0. The lowest BCUT2D eigenvalue weighted by molar-refractivity contribution is -0.123. The summed E-state index contributed by atoms with van der Waals surface area (Å²) in [5.74, 6) is 0.876. The van der Waals surface area contributed by atoms with Gasteiger partial charge >= 0.3 is 0 Å². The maximum atomic E-state index is 12.4. The first-order valence-electron chi connectivity index (χ1n) is 9.14. The molecule has 2 N–H and O–H groups in total. The van der Waals surface area contributed by atoms with E-state index in [0.717, 1.165) is 17.7 Å². The minimum Gasteiger partial charge on any atom is -0.353 e. The van der Waals surface area contributed by atoms with Crippen LogP contribution in [-0.2, 0) is 16.0 Å². The number of hydrogen-bond acceptors (Lipinski definition) is 3. The maximum absolute atomic E-state index is 12.4. The molecule has 3 aliphatic rings. The summed E-state index contributed by atoms with van der Waals surface area (Å²) in [6.07, 6.45) is 6.46. The summed E-state index contributed by atoms with van der Waals surface area (Å²) in [7, 11) is 0. The van der Waals surface area contributed by atoms with E-state index in [2.05, 4.69) is 10.6 Å². The van der Waals surface area contributed by atoms with Crippen LogP contribution in [0.4, 0.5) is 5.69 Å². The molecule has 3 unspecified atom stereocenters. The molecule has 0 bridgehead atoms. The second-order valence-electron chi connectivity index (χ2n) is 7.25. The second-order valence-corrected chi connectivity index (χ2v) is 7.25. The fourth-order valence-corrected chi connectivity index (χ4v) is 4.50. The first kappa shape index (κ1) is 15.6. The van der Waals surface area contributed by atoms with Crippen molar-refractivity contribution in [3.05, 3.63) is 29.8 Å². The predicted molar refractivity (Wildman–Crippen MR) is 92.8 cm³/mol. The highest BCUT2D eigenvalue weighted by molar-refractivity contribution is 6.01. The van der Waals surface area contributed by atoms with Crippen molar-refractivity contribution in [2.75, 3.05) is 18.0 Å². The zero-order valence-electron chi connectivity index (χ0n) is 14.0. The number of benzene rings is 1. The van der Waals surface area contributed by atoms with Gasteiger partial charge in [-0.2, -0.15) is 0 Å². The summed E-state index contributed by atoms with van der Waals surface area (Å²) in [4.78, 5) is 26.3. The summed E-state index contributed by atoms with van der Waals surface area (Å²) in [6.45, 7) is 1.05. The highest BCUT2D eigenvalue weighted by Gasteiger charge is 2.38. The largest absolute Gasteiger partial charge is 0.353 e. The van der Waals surface area contributed by atoms with Gasteiger partial charge in [0.25, 0.3) is 0 Å². The van der Waals surface area contributed by atoms with Crippen molar-refractivity contribution in [3.63, 3.8) is 0 Å². The molecule has 1 aromatic carbocycles. The van der Waals surface area contributed by atoms with Crippen LogP contribution in [0.2, 0.25) is 0 Å². The van der Waals surface area contributed by atoms with Crippen LogP contribution in [0, 0.1) is 5.92 Å². The minimum absolute atomic E-state index is 0.0559. The number of nitrogens with zero attached hydrogens (tertiary/aromatic N) is 1. The number of carbonyl (C=O) groups is 2. The molecule has 2 heterocycles. The normalized spacial score (nSPS) is 28.6. The number of anilines is 1. The van der Waals surface area contributed by atoms with E-state index in [1.165, 1.54) is 25.7 Å². The zero-order valence-corrected chi connectivity index (χ0v) is 14.0. The lowest BCUT2D eigenvalue weighted by atomic mass is 9.85. The SMILES string of the molecule is O=C(NCCN1C(=O)Cc2ccccc21)C1CC2CCCCC2N1. The van der Waals surface area contributed by atoms with Gasteiger partial charge in [-0.1, -0.05) is 31.0 Å². The fourth-order valence-electron chi connectivity index (χ4n) is 4.50. The Kier molecular flexibility index (Phi) is 4.27. The molecule has 3 atom stereocenters. The van der Waals surface area contributed by atoms with Crippen molar-refractivity contribution in [3.8, 4) is 0 Å². The number of amides is 2. The average Bonchev–Trinajstić information content (AvgIpc) is 3.16. The third-order valence-electron chi connectivity index (χ3n) is 5.74. The molecular weight excluding hydrogens is 302 g/mol. The number of nitrogens with one attached hydrogen (secondary N) is 2. The Morgan fingerprint density at radius 3 is 2.96 bits per heavy atom. The molecule has 1 aliphatic carbocycles. The van der Waals surface area contributed by atoms with Crippen LogP contribution in [0.1, 0.15) is 37.7 Å². The van der Waals surface area contributed by atoms with Crippen molar-refractivity contribution in [1.29, 1.82) is 0 Å². The first-order chi connectivity index (χ1) is 11.7.